The van der Waals surface area contributed by atoms with Gasteiger partial charge in [0.05, 0.1) is 18.1 Å². The number of amides is 1. The van der Waals surface area contributed by atoms with Crippen LogP contribution in [0.4, 0.5) is 18.9 Å². The summed E-state index contributed by atoms with van der Waals surface area (Å²) in [5.41, 5.74) is 0.470. The number of nitrogens with one attached hydrogen (secondary N) is 1. The first-order valence-corrected chi connectivity index (χ1v) is 7.40. The van der Waals surface area contributed by atoms with Crippen LogP contribution >= 0.6 is 12.4 Å². The number of hydrogen-bond donors (Lipinski definition) is 1. The highest BCUT2D eigenvalue weighted by Crippen LogP contribution is 2.40. The second kappa shape index (κ2) is 7.10. The number of carbonyl (C=O) groups is 1. The summed E-state index contributed by atoms with van der Waals surface area (Å²) in [7, 11) is 0. The van der Waals surface area contributed by atoms with Crippen LogP contribution in [-0.2, 0) is 4.79 Å². The van der Waals surface area contributed by atoms with Gasteiger partial charge in [-0.05, 0) is 31.3 Å². The number of halogens is 4. The third-order valence-electron chi connectivity index (χ3n) is 4.28. The van der Waals surface area contributed by atoms with Crippen molar-refractivity contribution in [2.75, 3.05) is 31.1 Å². The van der Waals surface area contributed by atoms with Crippen molar-refractivity contribution in [3.8, 4) is 6.01 Å². The van der Waals surface area contributed by atoms with E-state index in [1.165, 1.54) is 12.4 Å². The molecule has 10 heteroatoms. The van der Waals surface area contributed by atoms with Crippen molar-refractivity contribution in [3.63, 3.8) is 0 Å². The first kappa shape index (κ1) is 18.7. The van der Waals surface area contributed by atoms with E-state index in [4.69, 9.17) is 0 Å². The summed E-state index contributed by atoms with van der Waals surface area (Å²) in [6.07, 6.45) is 0.578. The number of alkyl halides is 3. The zero-order valence-corrected chi connectivity index (χ0v) is 13.6. The van der Waals surface area contributed by atoms with E-state index in [1.54, 1.807) is 4.90 Å². The fraction of sp³-hybridized carbons (Fsp3) is 0.643. The van der Waals surface area contributed by atoms with Gasteiger partial charge in [0.2, 0.25) is 5.91 Å². The molecule has 3 rings (SSSR count). The van der Waals surface area contributed by atoms with E-state index >= 15 is 0 Å². The highest BCUT2D eigenvalue weighted by molar-refractivity contribution is 5.96. The van der Waals surface area contributed by atoms with Crippen LogP contribution in [0.25, 0.3) is 0 Å². The Morgan fingerprint density at radius 1 is 1.25 bits per heavy atom. The van der Waals surface area contributed by atoms with Crippen LogP contribution in [0.15, 0.2) is 12.4 Å². The molecule has 1 aromatic rings. The lowest BCUT2D eigenvalue weighted by molar-refractivity contribution is -0.154. The lowest BCUT2D eigenvalue weighted by atomic mass is 9.78. The van der Waals surface area contributed by atoms with Gasteiger partial charge in [0.1, 0.15) is 0 Å². The maximum atomic E-state index is 12.3. The summed E-state index contributed by atoms with van der Waals surface area (Å²) in [4.78, 5) is 21.4. The second-order valence-corrected chi connectivity index (χ2v) is 6.03. The van der Waals surface area contributed by atoms with Gasteiger partial charge in [0.25, 0.3) is 0 Å². The zero-order chi connectivity index (χ0) is 16.5. The monoisotopic (exact) mass is 366 g/mol. The molecule has 24 heavy (non-hydrogen) atoms. The van der Waals surface area contributed by atoms with Crippen molar-refractivity contribution in [1.82, 2.24) is 15.3 Å². The number of piperidine rings is 1. The number of ether oxygens (including phenoxy) is 1. The minimum Gasteiger partial charge on any atom is -0.454 e. The molecule has 1 aromatic heterocycles. The van der Waals surface area contributed by atoms with Gasteiger partial charge in [-0.15, -0.1) is 12.4 Å². The number of anilines is 1. The Balaban J connectivity index is 0.00000208. The van der Waals surface area contributed by atoms with Crippen molar-refractivity contribution in [3.05, 3.63) is 12.4 Å². The standard InChI is InChI=1S/C14H17F3N4O2.ClH/c15-14(16,17)9-23-12-19-6-10(7-20-12)21-8-13(5-11(21)22)1-3-18-4-2-13;/h6-7,18H,1-5,8-9H2;1H. The molecular weight excluding hydrogens is 349 g/mol. The Hall–Kier alpha value is -1.61. The summed E-state index contributed by atoms with van der Waals surface area (Å²) in [5, 5.41) is 3.28. The highest BCUT2D eigenvalue weighted by Gasteiger charge is 2.44. The van der Waals surface area contributed by atoms with Gasteiger partial charge in [-0.3, -0.25) is 4.79 Å². The number of carbonyl (C=O) groups excluding carboxylic acids is 1. The molecule has 6 nitrogen and oxygen atoms in total. The van der Waals surface area contributed by atoms with E-state index < -0.39 is 12.8 Å². The molecule has 1 N–H and O–H groups in total. The third-order valence-corrected chi connectivity index (χ3v) is 4.28. The summed E-state index contributed by atoms with van der Waals surface area (Å²) >= 11 is 0. The number of nitrogens with zero attached hydrogens (tertiary/aromatic N) is 3. The molecule has 0 bridgehead atoms. The molecule has 0 atom stereocenters. The van der Waals surface area contributed by atoms with Gasteiger partial charge < -0.3 is 15.0 Å². The minimum atomic E-state index is -4.44. The van der Waals surface area contributed by atoms with E-state index in [2.05, 4.69) is 20.0 Å². The highest BCUT2D eigenvalue weighted by atomic mass is 35.5. The molecular formula is C14H18ClF3N4O2. The van der Waals surface area contributed by atoms with Gasteiger partial charge in [-0.2, -0.15) is 13.2 Å². The Labute approximate surface area is 143 Å². The van der Waals surface area contributed by atoms with Gasteiger partial charge in [-0.1, -0.05) is 0 Å². The largest absolute Gasteiger partial charge is 0.454 e. The van der Waals surface area contributed by atoms with Crippen molar-refractivity contribution in [1.29, 1.82) is 0 Å². The molecule has 1 spiro atoms. The average Bonchev–Trinajstić information content (AvgIpc) is 2.82. The molecule has 1 amide bonds. The fourth-order valence-electron chi connectivity index (χ4n) is 3.09. The quantitative estimate of drug-likeness (QED) is 0.885. The van der Waals surface area contributed by atoms with E-state index in [0.717, 1.165) is 25.9 Å². The molecule has 0 aliphatic carbocycles. The van der Waals surface area contributed by atoms with E-state index in [1.807, 2.05) is 0 Å². The van der Waals surface area contributed by atoms with Gasteiger partial charge in [0.15, 0.2) is 6.61 Å². The first-order chi connectivity index (χ1) is 10.9. The van der Waals surface area contributed by atoms with E-state index in [9.17, 15) is 18.0 Å². The van der Waals surface area contributed by atoms with Crippen LogP contribution in [-0.4, -0.2) is 48.3 Å². The van der Waals surface area contributed by atoms with Crippen LogP contribution in [0.5, 0.6) is 6.01 Å². The second-order valence-electron chi connectivity index (χ2n) is 6.03. The Morgan fingerprint density at radius 2 is 1.88 bits per heavy atom. The van der Waals surface area contributed by atoms with E-state index in [-0.39, 0.29) is 29.7 Å². The first-order valence-electron chi connectivity index (χ1n) is 7.40. The molecule has 0 saturated carbocycles. The third kappa shape index (κ3) is 4.27. The van der Waals surface area contributed by atoms with Crippen LogP contribution in [0.3, 0.4) is 0 Å². The zero-order valence-electron chi connectivity index (χ0n) is 12.8. The smallest absolute Gasteiger partial charge is 0.422 e. The average molecular weight is 367 g/mol. The SMILES string of the molecule is Cl.O=C1CC2(CCNCC2)CN1c1cnc(OCC(F)(F)F)nc1. The van der Waals surface area contributed by atoms with Crippen LogP contribution < -0.4 is 15.0 Å². The molecule has 2 aliphatic rings. The maximum absolute atomic E-state index is 12.3. The Morgan fingerprint density at radius 3 is 2.46 bits per heavy atom. The predicted octanol–water partition coefficient (Wildman–Crippen LogP) is 1.95. The van der Waals surface area contributed by atoms with E-state index in [0.29, 0.717) is 18.7 Å². The number of rotatable bonds is 3. The molecule has 3 heterocycles. The predicted molar refractivity (Wildman–Crippen MR) is 82.3 cm³/mol. The molecule has 2 fully saturated rings. The summed E-state index contributed by atoms with van der Waals surface area (Å²) in [5.74, 6) is -0.000500. The van der Waals surface area contributed by atoms with Crippen LogP contribution in [0, 0.1) is 5.41 Å². The molecule has 0 aromatic carbocycles. The Bertz CT molecular complexity index is 576. The van der Waals surface area contributed by atoms with Crippen LogP contribution in [0.1, 0.15) is 19.3 Å². The lowest BCUT2D eigenvalue weighted by Gasteiger charge is -2.32. The fourth-order valence-corrected chi connectivity index (χ4v) is 3.09. The molecule has 2 aliphatic heterocycles. The summed E-state index contributed by atoms with van der Waals surface area (Å²) < 4.78 is 40.7. The van der Waals surface area contributed by atoms with Gasteiger partial charge >= 0.3 is 12.2 Å². The topological polar surface area (TPSA) is 67.4 Å². The minimum absolute atomic E-state index is 0. The van der Waals surface area contributed by atoms with Crippen molar-refractivity contribution in [2.45, 2.75) is 25.4 Å². The summed E-state index contributed by atoms with van der Waals surface area (Å²) in [6, 6.07) is -0.352. The molecule has 0 unspecified atom stereocenters. The van der Waals surface area contributed by atoms with Crippen LogP contribution in [0.2, 0.25) is 0 Å². The van der Waals surface area contributed by atoms with Crippen molar-refractivity contribution >= 4 is 24.0 Å². The number of hydrogen-bond acceptors (Lipinski definition) is 5. The Kier molecular flexibility index (Phi) is 5.54. The normalized spacial score (nSPS) is 20.1. The number of aromatic nitrogens is 2. The van der Waals surface area contributed by atoms with Crippen molar-refractivity contribution in [2.24, 2.45) is 5.41 Å². The molecule has 2 saturated heterocycles. The molecule has 134 valence electrons. The summed E-state index contributed by atoms with van der Waals surface area (Å²) in [6.45, 7) is 0.939. The lowest BCUT2D eigenvalue weighted by Crippen LogP contribution is -2.38. The van der Waals surface area contributed by atoms with Gasteiger partial charge in [0, 0.05) is 13.0 Å². The van der Waals surface area contributed by atoms with Crippen molar-refractivity contribution < 1.29 is 22.7 Å². The van der Waals surface area contributed by atoms with Gasteiger partial charge in [-0.25, -0.2) is 9.97 Å². The molecule has 0 radical (unpaired) electrons. The maximum Gasteiger partial charge on any atom is 0.422 e.